The molecule has 0 radical (unpaired) electrons. The lowest BCUT2D eigenvalue weighted by Gasteiger charge is -2.22. The molecule has 0 aliphatic heterocycles. The molecule has 1 heterocycles. The first-order chi connectivity index (χ1) is 7.88. The minimum Gasteiger partial charge on any atom is -0.469 e. The molecule has 0 fully saturated rings. The van der Waals surface area contributed by atoms with E-state index in [0.717, 1.165) is 12.2 Å². The van der Waals surface area contributed by atoms with Gasteiger partial charge in [-0.25, -0.2) is 4.79 Å². The Labute approximate surface area is 103 Å². The number of hydrogen-bond donors (Lipinski definition) is 1. The number of nitrogens with one attached hydrogen (secondary N) is 1. The number of rotatable bonds is 4. The molecule has 0 saturated heterocycles. The Bertz CT molecular complexity index is 339. The Morgan fingerprint density at radius 3 is 2.71 bits per heavy atom. The molecule has 1 rings (SSSR count). The van der Waals surface area contributed by atoms with E-state index in [-0.39, 0.29) is 11.4 Å². The number of nitrogens with zero attached hydrogens (tertiary/aromatic N) is 1. The molecule has 0 atom stereocenters. The zero-order valence-corrected chi connectivity index (χ0v) is 11.1. The van der Waals surface area contributed by atoms with Crippen LogP contribution in [-0.2, 0) is 6.42 Å². The second-order valence-electron chi connectivity index (χ2n) is 5.47. The van der Waals surface area contributed by atoms with Gasteiger partial charge in [0.15, 0.2) is 0 Å². The minimum absolute atomic E-state index is 0.0357. The van der Waals surface area contributed by atoms with Gasteiger partial charge in [0.25, 0.3) is 0 Å². The van der Waals surface area contributed by atoms with Gasteiger partial charge < -0.3 is 14.6 Å². The Hall–Kier alpha value is -1.45. The maximum atomic E-state index is 11.7. The summed E-state index contributed by atoms with van der Waals surface area (Å²) in [5.74, 6) is 0.903. The van der Waals surface area contributed by atoms with Crippen molar-refractivity contribution in [2.45, 2.75) is 27.2 Å². The van der Waals surface area contributed by atoms with E-state index in [1.807, 2.05) is 12.1 Å². The number of amides is 2. The van der Waals surface area contributed by atoms with Crippen molar-refractivity contribution in [2.24, 2.45) is 5.41 Å². The molecule has 0 saturated carbocycles. The third kappa shape index (κ3) is 5.43. The molecule has 4 heteroatoms. The third-order valence-electron chi connectivity index (χ3n) is 2.39. The average molecular weight is 238 g/mol. The van der Waals surface area contributed by atoms with Gasteiger partial charge in [-0.1, -0.05) is 20.8 Å². The number of furan rings is 1. The van der Waals surface area contributed by atoms with Crippen molar-refractivity contribution in [3.05, 3.63) is 24.2 Å². The predicted octanol–water partition coefficient (Wildman–Crippen LogP) is 2.51. The van der Waals surface area contributed by atoms with E-state index in [0.29, 0.717) is 13.1 Å². The standard InChI is InChI=1S/C13H22N2O2/c1-13(2,3)10-14-12(16)15(4)8-7-11-6-5-9-17-11/h5-6,9H,7-8,10H2,1-4H3,(H,14,16). The van der Waals surface area contributed by atoms with Crippen molar-refractivity contribution < 1.29 is 9.21 Å². The van der Waals surface area contributed by atoms with Crippen molar-refractivity contribution >= 4 is 6.03 Å². The second kappa shape index (κ2) is 5.75. The van der Waals surface area contributed by atoms with Crippen LogP contribution in [0.15, 0.2) is 22.8 Å². The van der Waals surface area contributed by atoms with Gasteiger partial charge in [0.05, 0.1) is 6.26 Å². The number of carbonyl (C=O) groups is 1. The number of hydrogen-bond acceptors (Lipinski definition) is 2. The molecule has 0 unspecified atom stereocenters. The molecule has 0 aliphatic rings. The van der Waals surface area contributed by atoms with E-state index in [9.17, 15) is 4.79 Å². The maximum Gasteiger partial charge on any atom is 0.317 e. The van der Waals surface area contributed by atoms with Crippen LogP contribution in [0.5, 0.6) is 0 Å². The van der Waals surface area contributed by atoms with Crippen LogP contribution < -0.4 is 5.32 Å². The van der Waals surface area contributed by atoms with Gasteiger partial charge in [-0.05, 0) is 17.5 Å². The summed E-state index contributed by atoms with van der Waals surface area (Å²) >= 11 is 0. The van der Waals surface area contributed by atoms with Gasteiger partial charge >= 0.3 is 6.03 Å². The zero-order valence-electron chi connectivity index (χ0n) is 11.1. The fourth-order valence-corrected chi connectivity index (χ4v) is 1.31. The van der Waals surface area contributed by atoms with Gasteiger partial charge in [-0.15, -0.1) is 0 Å². The molecule has 0 spiro atoms. The van der Waals surface area contributed by atoms with E-state index in [4.69, 9.17) is 4.42 Å². The fourth-order valence-electron chi connectivity index (χ4n) is 1.31. The van der Waals surface area contributed by atoms with E-state index >= 15 is 0 Å². The number of urea groups is 1. The van der Waals surface area contributed by atoms with Crippen LogP contribution >= 0.6 is 0 Å². The molecule has 0 aliphatic carbocycles. The lowest BCUT2D eigenvalue weighted by atomic mass is 9.97. The fraction of sp³-hybridized carbons (Fsp3) is 0.615. The first kappa shape index (κ1) is 13.6. The van der Waals surface area contributed by atoms with Crippen molar-refractivity contribution in [3.8, 4) is 0 Å². The minimum atomic E-state index is -0.0357. The molecule has 0 aromatic carbocycles. The van der Waals surface area contributed by atoms with Crippen molar-refractivity contribution in [3.63, 3.8) is 0 Å². The van der Waals surface area contributed by atoms with Crippen LogP contribution in [0.3, 0.4) is 0 Å². The van der Waals surface area contributed by atoms with E-state index < -0.39 is 0 Å². The monoisotopic (exact) mass is 238 g/mol. The number of carbonyl (C=O) groups excluding carboxylic acids is 1. The predicted molar refractivity (Wildman–Crippen MR) is 67.9 cm³/mol. The van der Waals surface area contributed by atoms with E-state index in [1.165, 1.54) is 0 Å². The lowest BCUT2D eigenvalue weighted by molar-refractivity contribution is 0.203. The Balaban J connectivity index is 2.27. The maximum absolute atomic E-state index is 11.7. The van der Waals surface area contributed by atoms with Crippen LogP contribution in [0.2, 0.25) is 0 Å². The molecule has 96 valence electrons. The first-order valence-corrected chi connectivity index (χ1v) is 5.90. The summed E-state index contributed by atoms with van der Waals surface area (Å²) in [6.45, 7) is 7.61. The highest BCUT2D eigenvalue weighted by Crippen LogP contribution is 2.10. The summed E-state index contributed by atoms with van der Waals surface area (Å²) < 4.78 is 5.22. The van der Waals surface area contributed by atoms with Crippen LogP contribution in [0.1, 0.15) is 26.5 Å². The molecule has 1 aromatic rings. The van der Waals surface area contributed by atoms with Gasteiger partial charge in [-0.3, -0.25) is 0 Å². The lowest BCUT2D eigenvalue weighted by Crippen LogP contribution is -2.41. The quantitative estimate of drug-likeness (QED) is 0.876. The summed E-state index contributed by atoms with van der Waals surface area (Å²) in [4.78, 5) is 13.4. The van der Waals surface area contributed by atoms with Crippen LogP contribution in [0.4, 0.5) is 4.79 Å². The summed E-state index contributed by atoms with van der Waals surface area (Å²) in [6, 6.07) is 3.74. The molecule has 1 N–H and O–H groups in total. The molecule has 1 aromatic heterocycles. The summed E-state index contributed by atoms with van der Waals surface area (Å²) in [7, 11) is 1.79. The van der Waals surface area contributed by atoms with E-state index in [1.54, 1.807) is 18.2 Å². The normalized spacial score (nSPS) is 11.3. The molecular weight excluding hydrogens is 216 g/mol. The summed E-state index contributed by atoms with van der Waals surface area (Å²) in [5.41, 5.74) is 0.109. The SMILES string of the molecule is CN(CCc1ccco1)C(=O)NCC(C)(C)C. The molecule has 17 heavy (non-hydrogen) atoms. The van der Waals surface area contributed by atoms with Crippen molar-refractivity contribution in [1.82, 2.24) is 10.2 Å². The Morgan fingerprint density at radius 1 is 1.47 bits per heavy atom. The first-order valence-electron chi connectivity index (χ1n) is 5.90. The zero-order chi connectivity index (χ0) is 12.9. The highest BCUT2D eigenvalue weighted by molar-refractivity contribution is 5.73. The topological polar surface area (TPSA) is 45.5 Å². The second-order valence-corrected chi connectivity index (χ2v) is 5.47. The highest BCUT2D eigenvalue weighted by atomic mass is 16.3. The Morgan fingerprint density at radius 2 is 2.18 bits per heavy atom. The smallest absolute Gasteiger partial charge is 0.317 e. The van der Waals surface area contributed by atoms with Gasteiger partial charge in [-0.2, -0.15) is 0 Å². The molecular formula is C13H22N2O2. The van der Waals surface area contributed by atoms with Crippen LogP contribution in [0.25, 0.3) is 0 Å². The summed E-state index contributed by atoms with van der Waals surface area (Å²) in [6.07, 6.45) is 2.39. The summed E-state index contributed by atoms with van der Waals surface area (Å²) in [5, 5.41) is 2.91. The van der Waals surface area contributed by atoms with Gasteiger partial charge in [0.2, 0.25) is 0 Å². The molecule has 0 bridgehead atoms. The largest absolute Gasteiger partial charge is 0.469 e. The van der Waals surface area contributed by atoms with Crippen LogP contribution in [-0.4, -0.2) is 31.1 Å². The molecule has 4 nitrogen and oxygen atoms in total. The average Bonchev–Trinajstić information content (AvgIpc) is 2.74. The van der Waals surface area contributed by atoms with Crippen molar-refractivity contribution in [2.75, 3.05) is 20.1 Å². The van der Waals surface area contributed by atoms with Crippen LogP contribution in [0, 0.1) is 5.41 Å². The highest BCUT2D eigenvalue weighted by Gasteiger charge is 2.14. The van der Waals surface area contributed by atoms with Crippen molar-refractivity contribution in [1.29, 1.82) is 0 Å². The van der Waals surface area contributed by atoms with E-state index in [2.05, 4.69) is 26.1 Å². The molecule has 2 amide bonds. The van der Waals surface area contributed by atoms with Gasteiger partial charge in [0.1, 0.15) is 5.76 Å². The Kier molecular flexibility index (Phi) is 4.61. The van der Waals surface area contributed by atoms with Gasteiger partial charge in [0, 0.05) is 26.6 Å². The number of likely N-dealkylation sites (N-methyl/N-ethyl adjacent to an activating group) is 1. The third-order valence-corrected chi connectivity index (χ3v) is 2.39.